The van der Waals surface area contributed by atoms with E-state index in [1.807, 2.05) is 0 Å². The van der Waals surface area contributed by atoms with Crippen LogP contribution in [0.4, 0.5) is 4.39 Å². The summed E-state index contributed by atoms with van der Waals surface area (Å²) in [6.45, 7) is 0. The average molecular weight is 284 g/mol. The molecule has 0 amide bonds. The second-order valence-corrected chi connectivity index (χ2v) is 4.85. The molecule has 7 heteroatoms. The van der Waals surface area contributed by atoms with Crippen molar-refractivity contribution >= 4 is 26.0 Å². The second kappa shape index (κ2) is 3.84. The van der Waals surface area contributed by atoms with Crippen LogP contribution in [-0.4, -0.2) is 15.5 Å². The number of benzene rings is 1. The third kappa shape index (κ3) is 2.23. The highest BCUT2D eigenvalue weighted by atomic mass is 79.9. The van der Waals surface area contributed by atoms with E-state index >= 15 is 0 Å². The zero-order chi connectivity index (χ0) is 10.9. The summed E-state index contributed by atoms with van der Waals surface area (Å²) in [4.78, 5) is -0.256. The van der Waals surface area contributed by atoms with Crippen molar-refractivity contribution in [1.29, 1.82) is 0 Å². The molecule has 1 aromatic rings. The molecule has 0 atom stereocenters. The number of methoxy groups -OCH3 is 1. The number of nitrogens with two attached hydrogens (primary N) is 1. The lowest BCUT2D eigenvalue weighted by atomic mass is 10.3. The number of rotatable bonds is 2. The van der Waals surface area contributed by atoms with Gasteiger partial charge in [-0.1, -0.05) is 0 Å². The molecule has 14 heavy (non-hydrogen) atoms. The summed E-state index contributed by atoms with van der Waals surface area (Å²) in [6, 6.07) is 2.01. The van der Waals surface area contributed by atoms with Crippen LogP contribution in [0, 0.1) is 5.82 Å². The van der Waals surface area contributed by atoms with E-state index in [-0.39, 0.29) is 15.1 Å². The number of ether oxygens (including phenoxy) is 1. The van der Waals surface area contributed by atoms with Crippen molar-refractivity contribution in [3.8, 4) is 5.75 Å². The van der Waals surface area contributed by atoms with Crippen molar-refractivity contribution in [2.24, 2.45) is 5.14 Å². The molecule has 0 heterocycles. The van der Waals surface area contributed by atoms with Crippen LogP contribution in [-0.2, 0) is 10.0 Å². The SMILES string of the molecule is COc1cc(F)c(Br)cc1S(N)(=O)=O. The van der Waals surface area contributed by atoms with Crippen LogP contribution in [0.5, 0.6) is 5.75 Å². The number of primary sulfonamides is 1. The van der Waals surface area contributed by atoms with Gasteiger partial charge in [0.25, 0.3) is 0 Å². The first-order valence-corrected chi connectivity index (χ1v) is 5.76. The van der Waals surface area contributed by atoms with Gasteiger partial charge in [0.15, 0.2) is 0 Å². The zero-order valence-corrected chi connectivity index (χ0v) is 9.52. The Morgan fingerprint density at radius 3 is 2.50 bits per heavy atom. The summed E-state index contributed by atoms with van der Waals surface area (Å²) < 4.78 is 39.7. The number of hydrogen-bond acceptors (Lipinski definition) is 3. The van der Waals surface area contributed by atoms with Crippen molar-refractivity contribution < 1.29 is 17.5 Å². The highest BCUT2D eigenvalue weighted by molar-refractivity contribution is 9.10. The van der Waals surface area contributed by atoms with Gasteiger partial charge < -0.3 is 4.74 Å². The largest absolute Gasteiger partial charge is 0.495 e. The molecule has 0 unspecified atom stereocenters. The highest BCUT2D eigenvalue weighted by Gasteiger charge is 2.17. The van der Waals surface area contributed by atoms with Crippen LogP contribution < -0.4 is 9.88 Å². The Labute approximate surface area is 89.0 Å². The Morgan fingerprint density at radius 1 is 1.50 bits per heavy atom. The first-order chi connectivity index (χ1) is 6.36. The van der Waals surface area contributed by atoms with Crippen LogP contribution >= 0.6 is 15.9 Å². The minimum absolute atomic E-state index is 0.0160. The molecule has 0 bridgehead atoms. The van der Waals surface area contributed by atoms with Crippen LogP contribution in [0.15, 0.2) is 21.5 Å². The van der Waals surface area contributed by atoms with E-state index in [0.717, 1.165) is 12.1 Å². The Balaban J connectivity index is 3.51. The summed E-state index contributed by atoms with van der Waals surface area (Å²) in [5.41, 5.74) is 0. The zero-order valence-electron chi connectivity index (χ0n) is 7.12. The average Bonchev–Trinajstić information content (AvgIpc) is 2.07. The fourth-order valence-electron chi connectivity index (χ4n) is 0.892. The molecule has 1 aromatic carbocycles. The molecule has 4 nitrogen and oxygen atoms in total. The molecular weight excluding hydrogens is 277 g/mol. The van der Waals surface area contributed by atoms with Crippen LogP contribution in [0.3, 0.4) is 0 Å². The van der Waals surface area contributed by atoms with Crippen LogP contribution in [0.25, 0.3) is 0 Å². The van der Waals surface area contributed by atoms with Gasteiger partial charge in [0.05, 0.1) is 11.6 Å². The summed E-state index contributed by atoms with van der Waals surface area (Å²) in [7, 11) is -2.67. The highest BCUT2D eigenvalue weighted by Crippen LogP contribution is 2.28. The molecule has 0 fully saturated rings. The maximum absolute atomic E-state index is 13.0. The van der Waals surface area contributed by atoms with Gasteiger partial charge in [-0.05, 0) is 22.0 Å². The van der Waals surface area contributed by atoms with Crippen LogP contribution in [0.2, 0.25) is 0 Å². The van der Waals surface area contributed by atoms with E-state index in [1.165, 1.54) is 7.11 Å². The van der Waals surface area contributed by atoms with Crippen LogP contribution in [0.1, 0.15) is 0 Å². The lowest BCUT2D eigenvalue weighted by Gasteiger charge is -2.07. The molecule has 0 aliphatic carbocycles. The molecule has 0 radical (unpaired) electrons. The maximum atomic E-state index is 13.0. The van der Waals surface area contributed by atoms with E-state index in [2.05, 4.69) is 20.7 Å². The summed E-state index contributed by atoms with van der Waals surface area (Å²) in [6.07, 6.45) is 0. The first kappa shape index (κ1) is 11.4. The standard InChI is InChI=1S/C7H7BrFNO3S/c1-13-6-3-5(9)4(8)2-7(6)14(10,11)12/h2-3H,1H3,(H2,10,11,12). The van der Waals surface area contributed by atoms with Crippen molar-refractivity contribution in [3.05, 3.63) is 22.4 Å². The lowest BCUT2D eigenvalue weighted by molar-refractivity contribution is 0.398. The van der Waals surface area contributed by atoms with E-state index in [1.54, 1.807) is 0 Å². The lowest BCUT2D eigenvalue weighted by Crippen LogP contribution is -2.13. The predicted octanol–water partition coefficient (Wildman–Crippen LogP) is 1.24. The van der Waals surface area contributed by atoms with E-state index in [9.17, 15) is 12.8 Å². The van der Waals surface area contributed by atoms with Gasteiger partial charge in [0, 0.05) is 6.07 Å². The molecule has 0 aliphatic heterocycles. The minimum atomic E-state index is -3.91. The molecule has 0 saturated heterocycles. The van der Waals surface area contributed by atoms with E-state index < -0.39 is 15.8 Å². The first-order valence-electron chi connectivity index (χ1n) is 3.42. The number of hydrogen-bond donors (Lipinski definition) is 1. The van der Waals surface area contributed by atoms with Gasteiger partial charge in [-0.2, -0.15) is 0 Å². The molecule has 0 saturated carbocycles. The third-order valence-corrected chi connectivity index (χ3v) is 3.05. The fourth-order valence-corrected chi connectivity index (χ4v) is 2.09. The Kier molecular flexibility index (Phi) is 3.13. The molecule has 2 N–H and O–H groups in total. The summed E-state index contributed by atoms with van der Waals surface area (Å²) in [5.74, 6) is -0.734. The molecule has 78 valence electrons. The third-order valence-electron chi connectivity index (χ3n) is 1.51. The molecule has 0 aliphatic rings. The quantitative estimate of drug-likeness (QED) is 0.888. The van der Waals surface area contributed by atoms with E-state index in [4.69, 9.17) is 5.14 Å². The molecular formula is C7H7BrFNO3S. The Hall–Kier alpha value is -0.660. The number of halogens is 2. The summed E-state index contributed by atoms with van der Waals surface area (Å²) in [5, 5.41) is 4.90. The number of sulfonamides is 1. The fraction of sp³-hybridized carbons (Fsp3) is 0.143. The topological polar surface area (TPSA) is 69.4 Å². The minimum Gasteiger partial charge on any atom is -0.495 e. The predicted molar refractivity (Wildman–Crippen MR) is 52.0 cm³/mol. The Bertz CT molecular complexity index is 460. The van der Waals surface area contributed by atoms with Crippen molar-refractivity contribution in [2.75, 3.05) is 7.11 Å². The van der Waals surface area contributed by atoms with Gasteiger partial charge in [-0.3, -0.25) is 0 Å². The second-order valence-electron chi connectivity index (χ2n) is 2.46. The van der Waals surface area contributed by atoms with Gasteiger partial charge in [-0.15, -0.1) is 0 Å². The molecule has 0 spiro atoms. The normalized spacial score (nSPS) is 11.4. The summed E-state index contributed by atoms with van der Waals surface area (Å²) >= 11 is 2.85. The van der Waals surface area contributed by atoms with Gasteiger partial charge in [0.1, 0.15) is 16.5 Å². The van der Waals surface area contributed by atoms with Crippen molar-refractivity contribution in [2.45, 2.75) is 4.90 Å². The molecule has 1 rings (SSSR count). The smallest absolute Gasteiger partial charge is 0.241 e. The molecule has 0 aromatic heterocycles. The van der Waals surface area contributed by atoms with Crippen molar-refractivity contribution in [1.82, 2.24) is 0 Å². The Morgan fingerprint density at radius 2 is 2.07 bits per heavy atom. The van der Waals surface area contributed by atoms with Gasteiger partial charge in [-0.25, -0.2) is 17.9 Å². The maximum Gasteiger partial charge on any atom is 0.241 e. The van der Waals surface area contributed by atoms with E-state index in [0.29, 0.717) is 0 Å². The van der Waals surface area contributed by atoms with Crippen molar-refractivity contribution in [3.63, 3.8) is 0 Å². The van der Waals surface area contributed by atoms with Gasteiger partial charge in [0.2, 0.25) is 10.0 Å². The van der Waals surface area contributed by atoms with Gasteiger partial charge >= 0.3 is 0 Å². The monoisotopic (exact) mass is 283 g/mol.